The summed E-state index contributed by atoms with van der Waals surface area (Å²) >= 11 is 5.94. The van der Waals surface area contributed by atoms with Gasteiger partial charge in [0.25, 0.3) is 5.91 Å². The van der Waals surface area contributed by atoms with Crippen molar-refractivity contribution in [1.29, 1.82) is 0 Å². The number of aromatic nitrogens is 2. The van der Waals surface area contributed by atoms with Crippen molar-refractivity contribution in [2.24, 2.45) is 0 Å². The molecule has 0 aliphatic carbocycles. The number of hydrogen-bond acceptors (Lipinski definition) is 7. The second-order valence-corrected chi connectivity index (χ2v) is 6.92. The van der Waals surface area contributed by atoms with E-state index < -0.39 is 18.0 Å². The zero-order valence-corrected chi connectivity index (χ0v) is 17.5. The zero-order valence-electron chi connectivity index (χ0n) is 16.7. The molecule has 0 aliphatic heterocycles. The first-order valence-corrected chi connectivity index (χ1v) is 9.66. The number of rotatable bonds is 8. The fourth-order valence-corrected chi connectivity index (χ4v) is 2.78. The van der Waals surface area contributed by atoms with Crippen LogP contribution in [0.5, 0.6) is 5.75 Å². The second kappa shape index (κ2) is 10.0. The molecule has 0 spiro atoms. The van der Waals surface area contributed by atoms with E-state index in [4.69, 9.17) is 25.6 Å². The van der Waals surface area contributed by atoms with Gasteiger partial charge in [0.05, 0.1) is 19.2 Å². The van der Waals surface area contributed by atoms with Crippen LogP contribution in [0.1, 0.15) is 19.2 Å². The van der Waals surface area contributed by atoms with Crippen molar-refractivity contribution < 1.29 is 28.0 Å². The third kappa shape index (κ3) is 6.02. The van der Waals surface area contributed by atoms with E-state index in [0.717, 1.165) is 0 Å². The van der Waals surface area contributed by atoms with Crippen LogP contribution in [0.4, 0.5) is 10.1 Å². The summed E-state index contributed by atoms with van der Waals surface area (Å²) in [5.74, 6) is -0.594. The number of aryl methyl sites for hydroxylation is 1. The van der Waals surface area contributed by atoms with Gasteiger partial charge >= 0.3 is 5.97 Å². The van der Waals surface area contributed by atoms with Gasteiger partial charge in [-0.15, -0.1) is 0 Å². The highest BCUT2D eigenvalue weighted by atomic mass is 35.5. The van der Waals surface area contributed by atoms with Gasteiger partial charge in [0, 0.05) is 17.0 Å². The van der Waals surface area contributed by atoms with Crippen LogP contribution in [0.25, 0.3) is 11.4 Å². The normalized spacial score (nSPS) is 11.6. The van der Waals surface area contributed by atoms with Crippen LogP contribution in [0.15, 0.2) is 47.0 Å². The molecule has 0 saturated carbocycles. The van der Waals surface area contributed by atoms with Gasteiger partial charge in [-0.25, -0.2) is 4.39 Å². The number of amides is 1. The van der Waals surface area contributed by atoms with E-state index in [-0.39, 0.29) is 30.4 Å². The Hall–Kier alpha value is -3.46. The Morgan fingerprint density at radius 3 is 2.68 bits per heavy atom. The third-order valence-electron chi connectivity index (χ3n) is 4.21. The largest absolute Gasteiger partial charge is 0.495 e. The maximum absolute atomic E-state index is 13.0. The Labute approximate surface area is 182 Å². The minimum absolute atomic E-state index is 0.0663. The molecular formula is C21H19ClFN3O5. The van der Waals surface area contributed by atoms with Gasteiger partial charge in [0.15, 0.2) is 6.10 Å². The van der Waals surface area contributed by atoms with Crippen molar-refractivity contribution in [3.63, 3.8) is 0 Å². The van der Waals surface area contributed by atoms with Gasteiger partial charge in [-0.3, -0.25) is 9.59 Å². The number of carbonyl (C=O) groups excluding carboxylic acids is 2. The SMILES string of the molecule is COc1ccc(Cl)cc1NC(=O)C(C)OC(=O)CCc1nc(-c2ccc(F)cc2)no1. The molecule has 2 aromatic carbocycles. The molecule has 3 aromatic rings. The number of benzene rings is 2. The molecule has 0 saturated heterocycles. The molecule has 3 rings (SSSR count). The molecule has 0 aliphatic rings. The molecule has 1 N–H and O–H groups in total. The summed E-state index contributed by atoms with van der Waals surface area (Å²) in [5.41, 5.74) is 0.947. The van der Waals surface area contributed by atoms with Crippen molar-refractivity contribution in [2.45, 2.75) is 25.9 Å². The van der Waals surface area contributed by atoms with Gasteiger partial charge < -0.3 is 19.3 Å². The number of nitrogens with one attached hydrogen (secondary N) is 1. The van der Waals surface area contributed by atoms with Crippen LogP contribution in [0.2, 0.25) is 5.02 Å². The Kier molecular flexibility index (Phi) is 7.19. The lowest BCUT2D eigenvalue weighted by molar-refractivity contribution is -0.153. The number of anilines is 1. The number of hydrogen-bond donors (Lipinski definition) is 1. The summed E-state index contributed by atoms with van der Waals surface area (Å²) in [6.45, 7) is 1.45. The number of ether oxygens (including phenoxy) is 2. The Morgan fingerprint density at radius 2 is 1.97 bits per heavy atom. The van der Waals surface area contributed by atoms with Gasteiger partial charge in [-0.05, 0) is 49.4 Å². The van der Waals surface area contributed by atoms with Crippen LogP contribution >= 0.6 is 11.6 Å². The van der Waals surface area contributed by atoms with E-state index in [0.29, 0.717) is 22.0 Å². The number of halogens is 2. The first-order valence-electron chi connectivity index (χ1n) is 9.28. The number of methoxy groups -OCH3 is 1. The topological polar surface area (TPSA) is 104 Å². The lowest BCUT2D eigenvalue weighted by atomic mass is 10.2. The lowest BCUT2D eigenvalue weighted by Crippen LogP contribution is -2.30. The molecule has 0 bridgehead atoms. The first-order chi connectivity index (χ1) is 14.9. The van der Waals surface area contributed by atoms with E-state index in [1.807, 2.05) is 0 Å². The smallest absolute Gasteiger partial charge is 0.307 e. The summed E-state index contributed by atoms with van der Waals surface area (Å²) in [6.07, 6.45) is -0.985. The molecular weight excluding hydrogens is 429 g/mol. The van der Waals surface area contributed by atoms with E-state index in [9.17, 15) is 14.0 Å². The van der Waals surface area contributed by atoms with Crippen molar-refractivity contribution in [1.82, 2.24) is 10.1 Å². The number of esters is 1. The maximum Gasteiger partial charge on any atom is 0.307 e. The van der Waals surface area contributed by atoms with Crippen LogP contribution in [-0.4, -0.2) is 35.2 Å². The van der Waals surface area contributed by atoms with Crippen LogP contribution in [0, 0.1) is 5.82 Å². The van der Waals surface area contributed by atoms with Crippen molar-refractivity contribution in [3.05, 3.63) is 59.2 Å². The monoisotopic (exact) mass is 447 g/mol. The Balaban J connectivity index is 1.51. The molecule has 10 heteroatoms. The Bertz CT molecular complexity index is 1070. The minimum atomic E-state index is -1.05. The first kappa shape index (κ1) is 22.2. The number of nitrogens with zero attached hydrogens (tertiary/aromatic N) is 2. The fourth-order valence-electron chi connectivity index (χ4n) is 2.60. The van der Waals surface area contributed by atoms with Crippen LogP contribution in [0.3, 0.4) is 0 Å². The molecule has 1 heterocycles. The summed E-state index contributed by atoms with van der Waals surface area (Å²) in [6, 6.07) is 10.4. The average molecular weight is 448 g/mol. The highest BCUT2D eigenvalue weighted by Gasteiger charge is 2.20. The van der Waals surface area contributed by atoms with Gasteiger partial charge in [0.2, 0.25) is 11.7 Å². The van der Waals surface area contributed by atoms with Gasteiger partial charge in [0.1, 0.15) is 11.6 Å². The maximum atomic E-state index is 13.0. The molecule has 1 amide bonds. The van der Waals surface area contributed by atoms with Gasteiger partial charge in [-0.1, -0.05) is 16.8 Å². The summed E-state index contributed by atoms with van der Waals surface area (Å²) in [7, 11) is 1.46. The lowest BCUT2D eigenvalue weighted by Gasteiger charge is -2.15. The van der Waals surface area contributed by atoms with Gasteiger partial charge in [-0.2, -0.15) is 4.98 Å². The molecule has 1 aromatic heterocycles. The van der Waals surface area contributed by atoms with Crippen LogP contribution in [-0.2, 0) is 20.7 Å². The highest BCUT2D eigenvalue weighted by Crippen LogP contribution is 2.27. The highest BCUT2D eigenvalue weighted by molar-refractivity contribution is 6.31. The van der Waals surface area contributed by atoms with Crippen molar-refractivity contribution >= 4 is 29.2 Å². The molecule has 0 radical (unpaired) electrons. The van der Waals surface area contributed by atoms with Crippen molar-refractivity contribution in [3.8, 4) is 17.1 Å². The predicted molar refractivity (Wildman–Crippen MR) is 110 cm³/mol. The third-order valence-corrected chi connectivity index (χ3v) is 4.45. The van der Waals surface area contributed by atoms with E-state index in [2.05, 4.69) is 15.5 Å². The molecule has 162 valence electrons. The molecule has 1 unspecified atom stereocenters. The molecule has 31 heavy (non-hydrogen) atoms. The zero-order chi connectivity index (χ0) is 22.4. The average Bonchev–Trinajstić information content (AvgIpc) is 3.22. The van der Waals surface area contributed by atoms with E-state index >= 15 is 0 Å². The molecule has 0 fully saturated rings. The molecule has 8 nitrogen and oxygen atoms in total. The van der Waals surface area contributed by atoms with E-state index in [1.54, 1.807) is 12.1 Å². The van der Waals surface area contributed by atoms with Crippen molar-refractivity contribution in [2.75, 3.05) is 12.4 Å². The fraction of sp³-hybridized carbons (Fsp3) is 0.238. The quantitative estimate of drug-likeness (QED) is 0.519. The summed E-state index contributed by atoms with van der Waals surface area (Å²) < 4.78 is 28.4. The standard InChI is InChI=1S/C21H19ClFN3O5/c1-12(21(28)24-16-11-14(22)5-8-17(16)29-2)30-19(27)10-9-18-25-20(26-31-18)13-3-6-15(23)7-4-13/h3-8,11-12H,9-10H2,1-2H3,(H,24,28). The predicted octanol–water partition coefficient (Wildman–Crippen LogP) is 4.04. The number of carbonyl (C=O) groups is 2. The minimum Gasteiger partial charge on any atom is -0.495 e. The summed E-state index contributed by atoms with van der Waals surface area (Å²) in [5, 5.41) is 6.84. The summed E-state index contributed by atoms with van der Waals surface area (Å²) in [4.78, 5) is 28.6. The Morgan fingerprint density at radius 1 is 1.23 bits per heavy atom. The van der Waals surface area contributed by atoms with Crippen LogP contribution < -0.4 is 10.1 Å². The molecule has 1 atom stereocenters. The second-order valence-electron chi connectivity index (χ2n) is 6.48. The van der Waals surface area contributed by atoms with E-state index in [1.165, 1.54) is 44.4 Å².